The van der Waals surface area contributed by atoms with Crippen molar-refractivity contribution in [3.05, 3.63) is 101 Å². The van der Waals surface area contributed by atoms with Gasteiger partial charge >= 0.3 is 5.00 Å². The van der Waals surface area contributed by atoms with Crippen molar-refractivity contribution in [1.82, 2.24) is 4.98 Å². The number of fused-ring (bicyclic) bond motifs is 1. The van der Waals surface area contributed by atoms with Crippen LogP contribution in [-0.2, 0) is 0 Å². The van der Waals surface area contributed by atoms with E-state index in [1.54, 1.807) is 12.1 Å². The molecule has 1 N–H and O–H groups in total. The van der Waals surface area contributed by atoms with Crippen molar-refractivity contribution < 1.29 is 9.72 Å². The highest BCUT2D eigenvalue weighted by Gasteiger charge is 2.17. The Bertz CT molecular complexity index is 1460. The van der Waals surface area contributed by atoms with Crippen molar-refractivity contribution in [3.8, 4) is 20.3 Å². The van der Waals surface area contributed by atoms with Crippen molar-refractivity contribution in [2.45, 2.75) is 0 Å². The van der Waals surface area contributed by atoms with Gasteiger partial charge in [0.15, 0.2) is 0 Å². The van der Waals surface area contributed by atoms with Crippen LogP contribution in [-0.4, -0.2) is 15.8 Å². The highest BCUT2D eigenvalue weighted by atomic mass is 32.1. The quantitative estimate of drug-likeness (QED) is 0.231. The highest BCUT2D eigenvalue weighted by Crippen LogP contribution is 2.39. The molecule has 5 rings (SSSR count). The van der Waals surface area contributed by atoms with Crippen LogP contribution in [0.4, 0.5) is 10.7 Å². The third-order valence-electron chi connectivity index (χ3n) is 4.87. The average molecular weight is 458 g/mol. The van der Waals surface area contributed by atoms with Gasteiger partial charge in [0.05, 0.1) is 31.5 Å². The molecule has 0 fully saturated rings. The Kier molecular flexibility index (Phi) is 5.22. The summed E-state index contributed by atoms with van der Waals surface area (Å²) in [5.41, 5.74) is 2.67. The van der Waals surface area contributed by atoms with E-state index in [0.29, 0.717) is 11.3 Å². The zero-order valence-electron chi connectivity index (χ0n) is 16.5. The number of hydrogen-bond acceptors (Lipinski definition) is 6. The van der Waals surface area contributed by atoms with Gasteiger partial charge in [-0.25, -0.2) is 4.98 Å². The molecule has 32 heavy (non-hydrogen) atoms. The van der Waals surface area contributed by atoms with Crippen LogP contribution in [0.5, 0.6) is 0 Å². The third kappa shape index (κ3) is 3.89. The number of nitrogens with zero attached hydrogens (tertiary/aromatic N) is 2. The van der Waals surface area contributed by atoms with E-state index < -0.39 is 0 Å². The number of amides is 1. The summed E-state index contributed by atoms with van der Waals surface area (Å²) in [5.74, 6) is -0.207. The second-order valence-corrected chi connectivity index (χ2v) is 9.10. The number of nitro groups is 1. The van der Waals surface area contributed by atoms with E-state index in [-0.39, 0.29) is 15.8 Å². The zero-order chi connectivity index (χ0) is 22.1. The van der Waals surface area contributed by atoms with Gasteiger partial charge < -0.3 is 5.32 Å². The first-order chi connectivity index (χ1) is 15.6. The van der Waals surface area contributed by atoms with Crippen LogP contribution in [0.3, 0.4) is 0 Å². The minimum absolute atomic E-state index is 0.110. The van der Waals surface area contributed by atoms with Crippen LogP contribution < -0.4 is 5.32 Å². The maximum atomic E-state index is 13.1. The lowest BCUT2D eigenvalue weighted by atomic mass is 10.1. The first-order valence-corrected chi connectivity index (χ1v) is 11.3. The lowest BCUT2D eigenvalue weighted by Gasteiger charge is -2.10. The number of benzene rings is 2. The van der Waals surface area contributed by atoms with Gasteiger partial charge in [-0.1, -0.05) is 47.7 Å². The number of nitrogens with one attached hydrogen (secondary N) is 1. The van der Waals surface area contributed by atoms with Gasteiger partial charge in [0, 0.05) is 22.0 Å². The fraction of sp³-hybridized carbons (Fsp3) is 0. The number of carbonyl (C=O) groups excluding carboxylic acids is 1. The molecule has 1 amide bonds. The molecule has 3 heterocycles. The molecule has 6 nitrogen and oxygen atoms in total. The van der Waals surface area contributed by atoms with Gasteiger partial charge in [0.2, 0.25) is 0 Å². The summed E-state index contributed by atoms with van der Waals surface area (Å²) in [5, 5.41) is 14.8. The lowest BCUT2D eigenvalue weighted by Crippen LogP contribution is -2.13. The van der Waals surface area contributed by atoms with Crippen LogP contribution in [0.1, 0.15) is 10.4 Å². The van der Waals surface area contributed by atoms with Crippen molar-refractivity contribution in [3.63, 3.8) is 0 Å². The van der Waals surface area contributed by atoms with Crippen molar-refractivity contribution in [2.24, 2.45) is 0 Å². The van der Waals surface area contributed by atoms with E-state index in [1.165, 1.54) is 17.4 Å². The summed E-state index contributed by atoms with van der Waals surface area (Å²) < 4.78 is 0. The number of para-hydroxylation sites is 2. The van der Waals surface area contributed by atoms with Gasteiger partial charge in [-0.15, -0.1) is 11.3 Å². The topological polar surface area (TPSA) is 85.1 Å². The van der Waals surface area contributed by atoms with E-state index in [2.05, 4.69) is 5.32 Å². The van der Waals surface area contributed by atoms with Gasteiger partial charge in [-0.3, -0.25) is 14.9 Å². The Morgan fingerprint density at radius 3 is 2.31 bits per heavy atom. The molecule has 156 valence electrons. The number of rotatable bonds is 5. The van der Waals surface area contributed by atoms with Crippen molar-refractivity contribution in [2.75, 3.05) is 5.32 Å². The number of thiophene rings is 2. The molecule has 0 atom stereocenters. The SMILES string of the molecule is O=C(Nc1ccccc1)c1cc(-c2ccc(-c3ccc([N+](=O)[O-])s3)s2)nc2ccccc12. The monoisotopic (exact) mass is 457 g/mol. The largest absolute Gasteiger partial charge is 0.324 e. The van der Waals surface area contributed by atoms with Crippen LogP contribution >= 0.6 is 22.7 Å². The Morgan fingerprint density at radius 1 is 0.844 bits per heavy atom. The first-order valence-electron chi connectivity index (χ1n) is 9.69. The maximum Gasteiger partial charge on any atom is 0.324 e. The fourth-order valence-electron chi connectivity index (χ4n) is 3.38. The van der Waals surface area contributed by atoms with E-state index in [1.807, 2.05) is 66.7 Å². The average Bonchev–Trinajstić information content (AvgIpc) is 3.49. The molecule has 0 aliphatic rings. The van der Waals surface area contributed by atoms with Crippen molar-refractivity contribution >= 4 is 50.2 Å². The fourth-order valence-corrected chi connectivity index (χ4v) is 5.25. The smallest absolute Gasteiger partial charge is 0.322 e. The van der Waals surface area contributed by atoms with E-state index >= 15 is 0 Å². The number of hydrogen-bond donors (Lipinski definition) is 1. The Hall–Kier alpha value is -3.88. The van der Waals surface area contributed by atoms with Crippen molar-refractivity contribution in [1.29, 1.82) is 0 Å². The zero-order valence-corrected chi connectivity index (χ0v) is 18.2. The summed E-state index contributed by atoms with van der Waals surface area (Å²) in [6.45, 7) is 0. The molecule has 0 spiro atoms. The summed E-state index contributed by atoms with van der Waals surface area (Å²) in [6.07, 6.45) is 0. The maximum absolute atomic E-state index is 13.1. The van der Waals surface area contributed by atoms with Gasteiger partial charge in [-0.05, 0) is 42.5 Å². The molecule has 3 aromatic heterocycles. The molecule has 0 aliphatic carbocycles. The molecule has 8 heteroatoms. The Morgan fingerprint density at radius 2 is 1.53 bits per heavy atom. The summed E-state index contributed by atoms with van der Waals surface area (Å²) in [4.78, 5) is 31.1. The molecular formula is C24H15N3O3S2. The second-order valence-electron chi connectivity index (χ2n) is 6.95. The minimum atomic E-state index is -0.384. The van der Waals surface area contributed by atoms with E-state index in [9.17, 15) is 14.9 Å². The number of carbonyl (C=O) groups is 1. The molecule has 0 saturated carbocycles. The van der Waals surface area contributed by atoms with Crippen LogP contribution in [0.25, 0.3) is 31.2 Å². The molecular weight excluding hydrogens is 442 g/mol. The summed E-state index contributed by atoms with van der Waals surface area (Å²) in [7, 11) is 0. The molecule has 0 radical (unpaired) electrons. The van der Waals surface area contributed by atoms with Gasteiger partial charge in [-0.2, -0.15) is 0 Å². The molecule has 0 saturated heterocycles. The lowest BCUT2D eigenvalue weighted by molar-refractivity contribution is -0.380. The predicted octanol–water partition coefficient (Wildman–Crippen LogP) is 6.85. The molecule has 2 aromatic carbocycles. The summed E-state index contributed by atoms with van der Waals surface area (Å²) >= 11 is 2.63. The Balaban J connectivity index is 1.54. The molecule has 0 unspecified atom stereocenters. The highest BCUT2D eigenvalue weighted by molar-refractivity contribution is 7.25. The minimum Gasteiger partial charge on any atom is -0.322 e. The second kappa shape index (κ2) is 8.33. The van der Waals surface area contributed by atoms with Crippen LogP contribution in [0.15, 0.2) is 84.9 Å². The number of pyridine rings is 1. The van der Waals surface area contributed by atoms with E-state index in [0.717, 1.165) is 42.6 Å². The number of anilines is 1. The normalized spacial score (nSPS) is 10.9. The predicted molar refractivity (Wildman–Crippen MR) is 129 cm³/mol. The van der Waals surface area contributed by atoms with Crippen LogP contribution in [0, 0.1) is 10.1 Å². The summed E-state index contributed by atoms with van der Waals surface area (Å²) in [6, 6.07) is 25.8. The molecule has 0 bridgehead atoms. The van der Waals surface area contributed by atoms with Gasteiger partial charge in [0.25, 0.3) is 5.91 Å². The van der Waals surface area contributed by atoms with Crippen LogP contribution in [0.2, 0.25) is 0 Å². The molecule has 0 aliphatic heterocycles. The third-order valence-corrected chi connectivity index (χ3v) is 7.21. The number of aromatic nitrogens is 1. The standard InChI is InChI=1S/C24H15N3O3S2/c28-24(25-15-6-2-1-3-7-15)17-14-19(26-18-9-5-4-8-16(17)18)20-10-11-21(31-20)22-12-13-23(32-22)27(29)30/h1-14H,(H,25,28). The molecule has 5 aromatic rings. The first kappa shape index (κ1) is 20.0. The van der Waals surface area contributed by atoms with E-state index in [4.69, 9.17) is 4.98 Å². The Labute approximate surface area is 191 Å². The van der Waals surface area contributed by atoms with Gasteiger partial charge in [0.1, 0.15) is 0 Å².